The third kappa shape index (κ3) is 3.17. The molecule has 0 atom stereocenters. The maximum absolute atomic E-state index is 13.1. The predicted octanol–water partition coefficient (Wildman–Crippen LogP) is 2.08. The molecule has 0 aliphatic rings. The Morgan fingerprint density at radius 1 is 1.26 bits per heavy atom. The van der Waals surface area contributed by atoms with Crippen molar-refractivity contribution in [2.75, 3.05) is 10.7 Å². The Hall–Kier alpha value is -2.21. The molecule has 19 heavy (non-hydrogen) atoms. The number of benzene rings is 1. The molecule has 0 aliphatic carbocycles. The second-order valence-electron chi connectivity index (χ2n) is 4.03. The molecular formula is C13H16FN5. The van der Waals surface area contributed by atoms with E-state index in [0.29, 0.717) is 18.2 Å². The molecule has 0 unspecified atom stereocenters. The zero-order valence-electron chi connectivity index (χ0n) is 10.7. The van der Waals surface area contributed by atoms with Gasteiger partial charge in [0.2, 0.25) is 0 Å². The molecule has 6 heteroatoms. The topological polar surface area (TPSA) is 75.9 Å². The largest absolute Gasteiger partial charge is 0.366 e. The minimum absolute atomic E-state index is 0.248. The number of nitrogen functional groups attached to an aromatic ring is 1. The van der Waals surface area contributed by atoms with Crippen LogP contribution >= 0.6 is 0 Å². The van der Waals surface area contributed by atoms with Crippen LogP contribution in [0.3, 0.4) is 0 Å². The van der Waals surface area contributed by atoms with E-state index in [0.717, 1.165) is 17.5 Å². The Labute approximate surface area is 111 Å². The molecule has 100 valence electrons. The summed E-state index contributed by atoms with van der Waals surface area (Å²) in [5, 5.41) is 3.17. The summed E-state index contributed by atoms with van der Waals surface area (Å²) in [5.41, 5.74) is 4.30. The van der Waals surface area contributed by atoms with E-state index in [-0.39, 0.29) is 5.82 Å². The van der Waals surface area contributed by atoms with Crippen molar-refractivity contribution in [3.63, 3.8) is 0 Å². The van der Waals surface area contributed by atoms with Gasteiger partial charge in [-0.25, -0.2) is 20.2 Å². The molecule has 5 nitrogen and oxygen atoms in total. The summed E-state index contributed by atoms with van der Waals surface area (Å²) in [5.74, 6) is 6.46. The zero-order valence-corrected chi connectivity index (χ0v) is 10.7. The molecule has 0 fully saturated rings. The van der Waals surface area contributed by atoms with Crippen LogP contribution < -0.4 is 16.6 Å². The fourth-order valence-electron chi connectivity index (χ4n) is 1.86. The Balaban J connectivity index is 2.15. The molecule has 2 aromatic rings. The second-order valence-corrected chi connectivity index (χ2v) is 4.03. The van der Waals surface area contributed by atoms with E-state index >= 15 is 0 Å². The molecule has 0 aliphatic heterocycles. The van der Waals surface area contributed by atoms with Crippen molar-refractivity contribution in [2.45, 2.75) is 19.9 Å². The molecule has 1 aromatic carbocycles. The van der Waals surface area contributed by atoms with E-state index in [1.165, 1.54) is 18.5 Å². The van der Waals surface area contributed by atoms with E-state index in [2.05, 4.69) is 20.7 Å². The van der Waals surface area contributed by atoms with Crippen LogP contribution in [0.1, 0.15) is 18.1 Å². The first-order chi connectivity index (χ1) is 9.24. The average molecular weight is 261 g/mol. The summed E-state index contributed by atoms with van der Waals surface area (Å²) in [6, 6.07) is 6.44. The maximum Gasteiger partial charge on any atom is 0.148 e. The molecule has 0 spiro atoms. The summed E-state index contributed by atoms with van der Waals surface area (Å²) in [4.78, 5) is 8.23. The molecule has 2 rings (SSSR count). The number of hydrogen-bond donors (Lipinski definition) is 3. The van der Waals surface area contributed by atoms with Gasteiger partial charge in [0.15, 0.2) is 0 Å². The van der Waals surface area contributed by atoms with Crippen LogP contribution in [0.5, 0.6) is 0 Å². The Bertz CT molecular complexity index is 558. The van der Waals surface area contributed by atoms with Crippen LogP contribution in [0.25, 0.3) is 0 Å². The lowest BCUT2D eigenvalue weighted by Gasteiger charge is -2.12. The SMILES string of the molecule is CCc1c(NN)ncnc1NCc1cccc(F)c1. The van der Waals surface area contributed by atoms with E-state index < -0.39 is 0 Å². The van der Waals surface area contributed by atoms with Gasteiger partial charge in [-0.15, -0.1) is 0 Å². The van der Waals surface area contributed by atoms with Crippen molar-refractivity contribution in [1.82, 2.24) is 9.97 Å². The molecular weight excluding hydrogens is 245 g/mol. The molecule has 0 saturated carbocycles. The van der Waals surface area contributed by atoms with Gasteiger partial charge in [0, 0.05) is 12.1 Å². The van der Waals surface area contributed by atoms with Gasteiger partial charge in [-0.05, 0) is 24.1 Å². The van der Waals surface area contributed by atoms with Crippen molar-refractivity contribution in [2.24, 2.45) is 5.84 Å². The number of hydrogen-bond acceptors (Lipinski definition) is 5. The maximum atomic E-state index is 13.1. The standard InChI is InChI=1S/C13H16FN5/c1-2-11-12(17-8-18-13(11)19-15)16-7-9-4-3-5-10(14)6-9/h3-6,8H,2,7,15H2,1H3,(H2,16,17,18,19). The molecule has 0 saturated heterocycles. The summed E-state index contributed by atoms with van der Waals surface area (Å²) < 4.78 is 13.1. The fourth-order valence-corrected chi connectivity index (χ4v) is 1.86. The van der Waals surface area contributed by atoms with Crippen molar-refractivity contribution < 1.29 is 4.39 Å². The van der Waals surface area contributed by atoms with Crippen LogP contribution in [-0.2, 0) is 13.0 Å². The van der Waals surface area contributed by atoms with Crippen LogP contribution in [-0.4, -0.2) is 9.97 Å². The zero-order chi connectivity index (χ0) is 13.7. The molecule has 0 amide bonds. The van der Waals surface area contributed by atoms with Gasteiger partial charge in [0.05, 0.1) is 0 Å². The van der Waals surface area contributed by atoms with E-state index in [9.17, 15) is 4.39 Å². The Morgan fingerprint density at radius 2 is 2.05 bits per heavy atom. The van der Waals surface area contributed by atoms with Crippen LogP contribution in [0.15, 0.2) is 30.6 Å². The summed E-state index contributed by atoms with van der Waals surface area (Å²) in [6.45, 7) is 2.48. The second kappa shape index (κ2) is 6.10. The smallest absolute Gasteiger partial charge is 0.148 e. The quantitative estimate of drug-likeness (QED) is 0.567. The lowest BCUT2D eigenvalue weighted by atomic mass is 10.2. The van der Waals surface area contributed by atoms with Gasteiger partial charge in [-0.2, -0.15) is 0 Å². The third-order valence-electron chi connectivity index (χ3n) is 2.78. The lowest BCUT2D eigenvalue weighted by Crippen LogP contribution is -2.14. The van der Waals surface area contributed by atoms with E-state index in [1.54, 1.807) is 6.07 Å². The highest BCUT2D eigenvalue weighted by molar-refractivity contribution is 5.56. The summed E-state index contributed by atoms with van der Waals surface area (Å²) in [6.07, 6.45) is 2.17. The highest BCUT2D eigenvalue weighted by Crippen LogP contribution is 2.20. The van der Waals surface area contributed by atoms with Gasteiger partial charge < -0.3 is 10.7 Å². The number of anilines is 2. The fraction of sp³-hybridized carbons (Fsp3) is 0.231. The average Bonchev–Trinajstić information content (AvgIpc) is 2.44. The first kappa shape index (κ1) is 13.2. The first-order valence-electron chi connectivity index (χ1n) is 6.03. The number of halogens is 1. The number of rotatable bonds is 5. The molecule has 1 heterocycles. The van der Waals surface area contributed by atoms with Gasteiger partial charge >= 0.3 is 0 Å². The predicted molar refractivity (Wildman–Crippen MR) is 72.9 cm³/mol. The first-order valence-corrected chi connectivity index (χ1v) is 6.03. The van der Waals surface area contributed by atoms with E-state index in [1.807, 2.05) is 13.0 Å². The summed E-state index contributed by atoms with van der Waals surface area (Å²) in [7, 11) is 0. The highest BCUT2D eigenvalue weighted by atomic mass is 19.1. The molecule has 4 N–H and O–H groups in total. The molecule has 1 aromatic heterocycles. The number of hydrazine groups is 1. The van der Waals surface area contributed by atoms with Gasteiger partial charge in [-0.1, -0.05) is 19.1 Å². The minimum atomic E-state index is -0.248. The molecule has 0 bridgehead atoms. The highest BCUT2D eigenvalue weighted by Gasteiger charge is 2.08. The van der Waals surface area contributed by atoms with Gasteiger partial charge in [0.1, 0.15) is 23.8 Å². The third-order valence-corrected chi connectivity index (χ3v) is 2.78. The number of aromatic nitrogens is 2. The number of nitrogens with one attached hydrogen (secondary N) is 2. The Kier molecular flexibility index (Phi) is 4.25. The van der Waals surface area contributed by atoms with Gasteiger partial charge in [0.25, 0.3) is 0 Å². The van der Waals surface area contributed by atoms with E-state index in [4.69, 9.17) is 5.84 Å². The van der Waals surface area contributed by atoms with Crippen molar-refractivity contribution >= 4 is 11.6 Å². The normalized spacial score (nSPS) is 10.3. The van der Waals surface area contributed by atoms with Crippen LogP contribution in [0.2, 0.25) is 0 Å². The van der Waals surface area contributed by atoms with Gasteiger partial charge in [-0.3, -0.25) is 0 Å². The number of nitrogens with zero attached hydrogens (tertiary/aromatic N) is 2. The van der Waals surface area contributed by atoms with Crippen LogP contribution in [0, 0.1) is 5.82 Å². The molecule has 0 radical (unpaired) electrons. The van der Waals surface area contributed by atoms with Crippen molar-refractivity contribution in [3.05, 3.63) is 47.5 Å². The van der Waals surface area contributed by atoms with Crippen molar-refractivity contribution in [1.29, 1.82) is 0 Å². The van der Waals surface area contributed by atoms with Crippen molar-refractivity contribution in [3.8, 4) is 0 Å². The number of nitrogens with two attached hydrogens (primary N) is 1. The summed E-state index contributed by atoms with van der Waals surface area (Å²) >= 11 is 0. The lowest BCUT2D eigenvalue weighted by molar-refractivity contribution is 0.626. The minimum Gasteiger partial charge on any atom is -0.366 e. The Morgan fingerprint density at radius 3 is 2.74 bits per heavy atom. The monoisotopic (exact) mass is 261 g/mol. The van der Waals surface area contributed by atoms with Crippen LogP contribution in [0.4, 0.5) is 16.0 Å².